The zero-order valence-electron chi connectivity index (χ0n) is 18.5. The molecule has 0 spiro atoms. The van der Waals surface area contributed by atoms with E-state index >= 15 is 0 Å². The highest BCUT2D eigenvalue weighted by Crippen LogP contribution is 2.38. The SMILES string of the molecule is CC.CC1COCCN1c1nc(-c2cnc(N)cc2C(F)(F)F)cc(N2CCOCC2)n1. The number of aromatic nitrogens is 3. The van der Waals surface area contributed by atoms with Gasteiger partial charge in [-0.3, -0.25) is 0 Å². The van der Waals surface area contributed by atoms with Crippen LogP contribution >= 0.6 is 0 Å². The zero-order chi connectivity index (χ0) is 23.3. The Bertz CT molecular complexity index is 906. The van der Waals surface area contributed by atoms with E-state index in [9.17, 15) is 13.2 Å². The fraction of sp³-hybridized carbons (Fsp3) is 0.571. The number of morpholine rings is 2. The highest BCUT2D eigenvalue weighted by atomic mass is 19.4. The summed E-state index contributed by atoms with van der Waals surface area (Å²) in [5.41, 5.74) is 4.68. The second kappa shape index (κ2) is 10.3. The first-order valence-corrected chi connectivity index (χ1v) is 10.7. The summed E-state index contributed by atoms with van der Waals surface area (Å²) >= 11 is 0. The number of ether oxygens (including phenoxy) is 2. The number of hydrogen-bond acceptors (Lipinski definition) is 8. The minimum atomic E-state index is -4.59. The van der Waals surface area contributed by atoms with Crippen LogP contribution in [0.1, 0.15) is 26.3 Å². The molecule has 0 saturated carbocycles. The maximum atomic E-state index is 13.7. The molecule has 2 saturated heterocycles. The predicted molar refractivity (Wildman–Crippen MR) is 117 cm³/mol. The Balaban J connectivity index is 0.00000141. The Kier molecular flexibility index (Phi) is 7.73. The Morgan fingerprint density at radius 2 is 1.72 bits per heavy atom. The molecule has 4 heterocycles. The van der Waals surface area contributed by atoms with E-state index in [4.69, 9.17) is 15.2 Å². The minimum Gasteiger partial charge on any atom is -0.384 e. The molecular formula is C21H29F3N6O2. The van der Waals surface area contributed by atoms with Crippen molar-refractivity contribution >= 4 is 17.6 Å². The average Bonchev–Trinajstić information content (AvgIpc) is 2.80. The Hall–Kier alpha value is -2.66. The largest absolute Gasteiger partial charge is 0.417 e. The van der Waals surface area contributed by atoms with E-state index in [2.05, 4.69) is 15.0 Å². The summed E-state index contributed by atoms with van der Waals surface area (Å²) in [5.74, 6) is 0.729. The molecule has 8 nitrogen and oxygen atoms in total. The molecule has 11 heteroatoms. The smallest absolute Gasteiger partial charge is 0.384 e. The van der Waals surface area contributed by atoms with E-state index in [0.717, 1.165) is 12.3 Å². The summed E-state index contributed by atoms with van der Waals surface area (Å²) in [7, 11) is 0. The minimum absolute atomic E-state index is 0.00170. The molecule has 1 atom stereocenters. The molecule has 2 N–H and O–H groups in total. The first kappa shape index (κ1) is 24.0. The molecule has 0 amide bonds. The van der Waals surface area contributed by atoms with Crippen LogP contribution in [-0.4, -0.2) is 67.1 Å². The Labute approximate surface area is 185 Å². The van der Waals surface area contributed by atoms with Gasteiger partial charge in [-0.15, -0.1) is 0 Å². The van der Waals surface area contributed by atoms with Crippen LogP contribution in [0.4, 0.5) is 30.8 Å². The second-order valence-electron chi connectivity index (χ2n) is 7.28. The van der Waals surface area contributed by atoms with E-state index in [1.54, 1.807) is 6.07 Å². The van der Waals surface area contributed by atoms with Gasteiger partial charge in [0, 0.05) is 37.5 Å². The summed E-state index contributed by atoms with van der Waals surface area (Å²) in [6.07, 6.45) is -3.47. The molecule has 2 aromatic rings. The molecule has 2 aliphatic heterocycles. The number of nitrogens with zero attached hydrogens (tertiary/aromatic N) is 5. The predicted octanol–water partition coefficient (Wildman–Crippen LogP) is 3.23. The van der Waals surface area contributed by atoms with Crippen molar-refractivity contribution in [2.24, 2.45) is 0 Å². The van der Waals surface area contributed by atoms with Gasteiger partial charge in [0.05, 0.1) is 43.7 Å². The van der Waals surface area contributed by atoms with E-state index in [0.29, 0.717) is 57.8 Å². The number of hydrogen-bond donors (Lipinski definition) is 1. The molecular weight excluding hydrogens is 425 g/mol. The number of nitrogens with two attached hydrogens (primary N) is 1. The molecule has 4 rings (SSSR count). The molecule has 0 bridgehead atoms. The van der Waals surface area contributed by atoms with Gasteiger partial charge < -0.3 is 25.0 Å². The van der Waals surface area contributed by atoms with Crippen LogP contribution in [0, 0.1) is 0 Å². The number of halogens is 3. The topological polar surface area (TPSA) is 89.6 Å². The van der Waals surface area contributed by atoms with Crippen molar-refractivity contribution in [2.45, 2.75) is 33.0 Å². The van der Waals surface area contributed by atoms with Crippen LogP contribution in [0.5, 0.6) is 0 Å². The van der Waals surface area contributed by atoms with Crippen LogP contribution < -0.4 is 15.5 Å². The average molecular weight is 454 g/mol. The third-order valence-corrected chi connectivity index (χ3v) is 5.17. The van der Waals surface area contributed by atoms with Crippen molar-refractivity contribution in [1.29, 1.82) is 0 Å². The lowest BCUT2D eigenvalue weighted by atomic mass is 10.1. The number of nitrogen functional groups attached to an aromatic ring is 1. The van der Waals surface area contributed by atoms with Gasteiger partial charge in [0.2, 0.25) is 5.95 Å². The van der Waals surface area contributed by atoms with Gasteiger partial charge in [-0.05, 0) is 13.0 Å². The maximum absolute atomic E-state index is 13.7. The van der Waals surface area contributed by atoms with Gasteiger partial charge in [0.1, 0.15) is 11.6 Å². The Morgan fingerprint density at radius 3 is 2.38 bits per heavy atom. The standard InChI is InChI=1S/C19H23F3N6O2.C2H6/c1-12-11-30-7-4-28(12)18-25-15(9-17(26-18)27-2-5-29-6-3-27)13-10-24-16(23)8-14(13)19(20,21)22;1-2/h8-10,12H,2-7,11H2,1H3,(H2,23,24);1-2H3. The first-order chi connectivity index (χ1) is 15.3. The highest BCUT2D eigenvalue weighted by molar-refractivity contribution is 5.69. The summed E-state index contributed by atoms with van der Waals surface area (Å²) in [4.78, 5) is 17.0. The Morgan fingerprint density at radius 1 is 1.03 bits per heavy atom. The van der Waals surface area contributed by atoms with E-state index in [1.165, 1.54) is 0 Å². The van der Waals surface area contributed by atoms with Crippen molar-refractivity contribution in [2.75, 3.05) is 61.6 Å². The summed E-state index contributed by atoms with van der Waals surface area (Å²) in [5, 5.41) is 0. The van der Waals surface area contributed by atoms with E-state index in [-0.39, 0.29) is 23.1 Å². The molecule has 0 aromatic carbocycles. The monoisotopic (exact) mass is 454 g/mol. The molecule has 0 aliphatic carbocycles. The van der Waals surface area contributed by atoms with Crippen LogP contribution in [0.15, 0.2) is 18.3 Å². The first-order valence-electron chi connectivity index (χ1n) is 10.7. The second-order valence-corrected chi connectivity index (χ2v) is 7.28. The third-order valence-electron chi connectivity index (χ3n) is 5.17. The van der Waals surface area contributed by atoms with Gasteiger partial charge >= 0.3 is 6.18 Å². The fourth-order valence-corrected chi connectivity index (χ4v) is 3.58. The number of anilines is 3. The molecule has 2 fully saturated rings. The molecule has 0 radical (unpaired) electrons. The zero-order valence-corrected chi connectivity index (χ0v) is 18.5. The normalized spacial score (nSPS) is 19.4. The van der Waals surface area contributed by atoms with Crippen molar-refractivity contribution in [1.82, 2.24) is 15.0 Å². The van der Waals surface area contributed by atoms with Gasteiger partial charge in [0.25, 0.3) is 0 Å². The van der Waals surface area contributed by atoms with Crippen LogP contribution in [-0.2, 0) is 15.7 Å². The summed E-state index contributed by atoms with van der Waals surface area (Å²) in [6, 6.07) is 2.41. The van der Waals surface area contributed by atoms with Crippen molar-refractivity contribution in [3.8, 4) is 11.3 Å². The van der Waals surface area contributed by atoms with Crippen molar-refractivity contribution in [3.63, 3.8) is 0 Å². The van der Waals surface area contributed by atoms with Gasteiger partial charge in [-0.2, -0.15) is 18.2 Å². The van der Waals surface area contributed by atoms with Crippen LogP contribution in [0.25, 0.3) is 11.3 Å². The van der Waals surface area contributed by atoms with Crippen LogP contribution in [0.2, 0.25) is 0 Å². The lowest BCUT2D eigenvalue weighted by Gasteiger charge is -2.35. The third kappa shape index (κ3) is 5.39. The number of pyridine rings is 1. The molecule has 2 aliphatic rings. The van der Waals surface area contributed by atoms with E-state index < -0.39 is 11.7 Å². The van der Waals surface area contributed by atoms with Gasteiger partial charge in [0.15, 0.2) is 0 Å². The quantitative estimate of drug-likeness (QED) is 0.756. The van der Waals surface area contributed by atoms with Gasteiger partial charge in [-0.1, -0.05) is 13.8 Å². The molecule has 32 heavy (non-hydrogen) atoms. The molecule has 1 unspecified atom stereocenters. The lowest BCUT2D eigenvalue weighted by molar-refractivity contribution is -0.137. The summed E-state index contributed by atoms with van der Waals surface area (Å²) < 4.78 is 52.0. The number of rotatable bonds is 3. The van der Waals surface area contributed by atoms with Crippen molar-refractivity contribution in [3.05, 3.63) is 23.9 Å². The van der Waals surface area contributed by atoms with E-state index in [1.807, 2.05) is 30.6 Å². The lowest BCUT2D eigenvalue weighted by Crippen LogP contribution is -2.45. The number of alkyl halides is 3. The maximum Gasteiger partial charge on any atom is 0.417 e. The van der Waals surface area contributed by atoms with Gasteiger partial charge in [-0.25, -0.2) is 9.97 Å². The fourth-order valence-electron chi connectivity index (χ4n) is 3.58. The van der Waals surface area contributed by atoms with Crippen LogP contribution in [0.3, 0.4) is 0 Å². The molecule has 2 aromatic heterocycles. The highest BCUT2D eigenvalue weighted by Gasteiger charge is 2.35. The molecule has 176 valence electrons. The summed E-state index contributed by atoms with van der Waals surface area (Å²) in [6.45, 7) is 9.77. The van der Waals surface area contributed by atoms with Crippen molar-refractivity contribution < 1.29 is 22.6 Å².